The molecule has 0 radical (unpaired) electrons. The van der Waals surface area contributed by atoms with Gasteiger partial charge in [0.05, 0.1) is 12.0 Å². The van der Waals surface area contributed by atoms with Gasteiger partial charge in [-0.2, -0.15) is 24.9 Å². The van der Waals surface area contributed by atoms with Gasteiger partial charge < -0.3 is 11.1 Å². The molecule has 1 rings (SSSR count). The van der Waals surface area contributed by atoms with Crippen molar-refractivity contribution in [3.05, 3.63) is 0 Å². The highest BCUT2D eigenvalue weighted by Crippen LogP contribution is 2.37. The summed E-state index contributed by atoms with van der Waals surface area (Å²) in [7, 11) is 0. The lowest BCUT2D eigenvalue weighted by Crippen LogP contribution is -2.47. The fourth-order valence-corrected chi connectivity index (χ4v) is 2.74. The molecule has 0 saturated heterocycles. The molecular weight excluding hydrogens is 277 g/mol. The van der Waals surface area contributed by atoms with Crippen LogP contribution in [0.1, 0.15) is 32.1 Å². The van der Waals surface area contributed by atoms with Crippen LogP contribution in [0.5, 0.6) is 0 Å². The fraction of sp³-hybridized carbons (Fsp3) is 0.917. The molecule has 1 amide bonds. The zero-order chi connectivity index (χ0) is 14.5. The lowest BCUT2D eigenvalue weighted by atomic mass is 9.85. The number of alkyl halides is 3. The van der Waals surface area contributed by atoms with E-state index in [1.807, 2.05) is 6.26 Å². The van der Waals surface area contributed by atoms with Gasteiger partial charge in [0.25, 0.3) is 0 Å². The minimum atomic E-state index is -4.11. The normalized spacial score (nSPS) is 25.9. The number of hydrogen-bond acceptors (Lipinski definition) is 3. The first kappa shape index (κ1) is 16.6. The van der Waals surface area contributed by atoms with E-state index in [1.54, 1.807) is 11.8 Å². The van der Waals surface area contributed by atoms with Crippen molar-refractivity contribution in [3.63, 3.8) is 0 Å². The topological polar surface area (TPSA) is 55.1 Å². The monoisotopic (exact) mass is 298 g/mol. The van der Waals surface area contributed by atoms with E-state index in [-0.39, 0.29) is 24.8 Å². The minimum absolute atomic E-state index is 0.0918. The molecular formula is C12H21F3N2OS. The van der Waals surface area contributed by atoms with Crippen LogP contribution in [0.25, 0.3) is 0 Å². The maximum absolute atomic E-state index is 12.5. The van der Waals surface area contributed by atoms with Crippen LogP contribution in [0.3, 0.4) is 0 Å². The number of amides is 1. The second-order valence-electron chi connectivity index (χ2n) is 4.99. The minimum Gasteiger partial charge on any atom is -0.352 e. The van der Waals surface area contributed by atoms with Crippen molar-refractivity contribution < 1.29 is 18.0 Å². The van der Waals surface area contributed by atoms with Gasteiger partial charge in [0.1, 0.15) is 0 Å². The van der Waals surface area contributed by atoms with Gasteiger partial charge in [0, 0.05) is 6.04 Å². The van der Waals surface area contributed by atoms with E-state index < -0.39 is 18.1 Å². The summed E-state index contributed by atoms with van der Waals surface area (Å²) in [5.41, 5.74) is 5.71. The van der Waals surface area contributed by atoms with Crippen LogP contribution in [0.4, 0.5) is 13.2 Å². The molecule has 1 atom stereocenters. The van der Waals surface area contributed by atoms with Crippen molar-refractivity contribution in [2.75, 3.05) is 12.0 Å². The van der Waals surface area contributed by atoms with Gasteiger partial charge >= 0.3 is 6.18 Å². The maximum atomic E-state index is 12.5. The molecule has 3 nitrogen and oxygen atoms in total. The van der Waals surface area contributed by atoms with Crippen molar-refractivity contribution in [2.45, 2.75) is 50.4 Å². The maximum Gasteiger partial charge on any atom is 0.391 e. The first-order chi connectivity index (χ1) is 8.84. The summed E-state index contributed by atoms with van der Waals surface area (Å²) in [6.45, 7) is 0. The SMILES string of the molecule is CSCC[C@H](N)C(=O)NC1CCC(C(F)(F)F)CC1. The third-order valence-corrected chi connectivity index (χ3v) is 4.15. The Morgan fingerprint density at radius 1 is 1.37 bits per heavy atom. The summed E-state index contributed by atoms with van der Waals surface area (Å²) >= 11 is 1.61. The standard InChI is InChI=1S/C12H21F3N2OS/c1-19-7-6-10(16)11(18)17-9-4-2-8(3-5-9)12(13,14)15/h8-10H,2-7,16H2,1H3,(H,17,18)/t8?,9?,10-/m0/s1. The molecule has 19 heavy (non-hydrogen) atoms. The van der Waals surface area contributed by atoms with Crippen molar-refractivity contribution in [1.82, 2.24) is 5.32 Å². The average Bonchev–Trinajstić information content (AvgIpc) is 2.35. The molecule has 1 saturated carbocycles. The molecule has 7 heteroatoms. The molecule has 0 aliphatic heterocycles. The first-order valence-corrected chi connectivity index (χ1v) is 7.85. The predicted molar refractivity (Wildman–Crippen MR) is 70.9 cm³/mol. The zero-order valence-corrected chi connectivity index (χ0v) is 11.8. The molecule has 0 aromatic heterocycles. The summed E-state index contributed by atoms with van der Waals surface area (Å²) < 4.78 is 37.5. The Labute approximate surface area is 115 Å². The number of hydrogen-bond donors (Lipinski definition) is 2. The molecule has 3 N–H and O–H groups in total. The Morgan fingerprint density at radius 2 is 1.95 bits per heavy atom. The number of carbonyl (C=O) groups is 1. The van der Waals surface area contributed by atoms with Gasteiger partial charge in [-0.05, 0) is 44.1 Å². The van der Waals surface area contributed by atoms with Crippen LogP contribution in [0.2, 0.25) is 0 Å². The van der Waals surface area contributed by atoms with Gasteiger partial charge in [-0.25, -0.2) is 0 Å². The number of halogens is 3. The quantitative estimate of drug-likeness (QED) is 0.819. The second kappa shape index (κ2) is 7.38. The largest absolute Gasteiger partial charge is 0.391 e. The number of nitrogens with two attached hydrogens (primary N) is 1. The van der Waals surface area contributed by atoms with E-state index in [0.29, 0.717) is 19.3 Å². The molecule has 0 aromatic rings. The van der Waals surface area contributed by atoms with E-state index in [1.165, 1.54) is 0 Å². The van der Waals surface area contributed by atoms with E-state index in [4.69, 9.17) is 5.73 Å². The third-order valence-electron chi connectivity index (χ3n) is 3.51. The molecule has 1 aliphatic rings. The van der Waals surface area contributed by atoms with E-state index >= 15 is 0 Å². The Bertz CT molecular complexity index is 291. The van der Waals surface area contributed by atoms with E-state index in [0.717, 1.165) is 5.75 Å². The Hall–Kier alpha value is -0.430. The highest BCUT2D eigenvalue weighted by atomic mass is 32.2. The highest BCUT2D eigenvalue weighted by molar-refractivity contribution is 7.98. The second-order valence-corrected chi connectivity index (χ2v) is 5.97. The molecule has 0 heterocycles. The van der Waals surface area contributed by atoms with E-state index in [9.17, 15) is 18.0 Å². The van der Waals surface area contributed by atoms with Gasteiger partial charge in [0.15, 0.2) is 0 Å². The number of rotatable bonds is 5. The van der Waals surface area contributed by atoms with Gasteiger partial charge in [0.2, 0.25) is 5.91 Å². The highest BCUT2D eigenvalue weighted by Gasteiger charge is 2.41. The van der Waals surface area contributed by atoms with Crippen LogP contribution in [-0.4, -0.2) is 36.2 Å². The molecule has 1 fully saturated rings. The summed E-state index contributed by atoms with van der Waals surface area (Å²) in [5, 5.41) is 2.76. The molecule has 0 spiro atoms. The summed E-state index contributed by atoms with van der Waals surface area (Å²) in [6.07, 6.45) is -0.642. The van der Waals surface area contributed by atoms with Crippen molar-refractivity contribution in [3.8, 4) is 0 Å². The van der Waals surface area contributed by atoms with Gasteiger partial charge in [-0.3, -0.25) is 4.79 Å². The van der Waals surface area contributed by atoms with Crippen LogP contribution in [0.15, 0.2) is 0 Å². The zero-order valence-electron chi connectivity index (χ0n) is 11.0. The Morgan fingerprint density at radius 3 is 2.42 bits per heavy atom. The van der Waals surface area contributed by atoms with Crippen LogP contribution in [-0.2, 0) is 4.79 Å². The van der Waals surface area contributed by atoms with Crippen LogP contribution >= 0.6 is 11.8 Å². The lowest BCUT2D eigenvalue weighted by Gasteiger charge is -2.30. The smallest absolute Gasteiger partial charge is 0.352 e. The Kier molecular flexibility index (Phi) is 6.46. The van der Waals surface area contributed by atoms with Crippen molar-refractivity contribution >= 4 is 17.7 Å². The van der Waals surface area contributed by atoms with Crippen LogP contribution in [0, 0.1) is 5.92 Å². The lowest BCUT2D eigenvalue weighted by molar-refractivity contribution is -0.182. The number of thioether (sulfide) groups is 1. The number of carbonyl (C=O) groups excluding carboxylic acids is 1. The number of nitrogens with one attached hydrogen (secondary N) is 1. The third kappa shape index (κ3) is 5.60. The summed E-state index contributed by atoms with van der Waals surface area (Å²) in [4.78, 5) is 11.7. The fourth-order valence-electron chi connectivity index (χ4n) is 2.25. The van der Waals surface area contributed by atoms with Crippen molar-refractivity contribution in [1.29, 1.82) is 0 Å². The summed E-state index contributed by atoms with van der Waals surface area (Å²) in [5.74, 6) is -0.662. The average molecular weight is 298 g/mol. The molecule has 0 unspecified atom stereocenters. The first-order valence-electron chi connectivity index (χ1n) is 6.46. The van der Waals surface area contributed by atoms with Crippen molar-refractivity contribution in [2.24, 2.45) is 11.7 Å². The van der Waals surface area contributed by atoms with E-state index in [2.05, 4.69) is 5.32 Å². The Balaban J connectivity index is 2.31. The van der Waals surface area contributed by atoms with Gasteiger partial charge in [-0.1, -0.05) is 0 Å². The molecule has 112 valence electrons. The predicted octanol–water partition coefficient (Wildman–Crippen LogP) is 2.30. The van der Waals surface area contributed by atoms with Crippen LogP contribution < -0.4 is 11.1 Å². The molecule has 1 aliphatic carbocycles. The summed E-state index contributed by atoms with van der Waals surface area (Å²) in [6, 6.07) is -0.723. The molecule has 0 bridgehead atoms. The van der Waals surface area contributed by atoms with Gasteiger partial charge in [-0.15, -0.1) is 0 Å². The molecule has 0 aromatic carbocycles.